The molecule has 0 radical (unpaired) electrons. The molecule has 1 aliphatic rings. The summed E-state index contributed by atoms with van der Waals surface area (Å²) in [6.07, 6.45) is 2.75. The van der Waals surface area contributed by atoms with Crippen molar-refractivity contribution in [3.05, 3.63) is 21.9 Å². The average Bonchev–Trinajstić information content (AvgIpc) is 2.96. The van der Waals surface area contributed by atoms with Crippen LogP contribution >= 0.6 is 11.3 Å². The van der Waals surface area contributed by atoms with Gasteiger partial charge in [-0.3, -0.25) is 4.90 Å². The van der Waals surface area contributed by atoms with E-state index in [1.807, 2.05) is 11.3 Å². The van der Waals surface area contributed by atoms with E-state index in [9.17, 15) is 0 Å². The zero-order valence-electron chi connectivity index (χ0n) is 12.8. The predicted molar refractivity (Wildman–Crippen MR) is 84.6 cm³/mol. The summed E-state index contributed by atoms with van der Waals surface area (Å²) in [6, 6.07) is 5.96. The molecule has 1 aromatic heterocycles. The highest BCUT2D eigenvalue weighted by molar-refractivity contribution is 7.11. The third-order valence-electron chi connectivity index (χ3n) is 3.94. The lowest BCUT2D eigenvalue weighted by molar-refractivity contribution is 0.200. The maximum Gasteiger partial charge on any atom is 0.0331 e. The number of nitrogens with zero attached hydrogens (tertiary/aromatic N) is 1. The molecule has 0 amide bonds. The highest BCUT2D eigenvalue weighted by atomic mass is 32.1. The second-order valence-electron chi connectivity index (χ2n) is 6.33. The van der Waals surface area contributed by atoms with Crippen LogP contribution in [0.2, 0.25) is 0 Å². The van der Waals surface area contributed by atoms with E-state index >= 15 is 0 Å². The van der Waals surface area contributed by atoms with E-state index in [4.69, 9.17) is 0 Å². The Bertz CT molecular complexity index is 384. The zero-order valence-corrected chi connectivity index (χ0v) is 13.6. The summed E-state index contributed by atoms with van der Waals surface area (Å²) in [7, 11) is 0. The van der Waals surface area contributed by atoms with Gasteiger partial charge in [0.05, 0.1) is 0 Å². The molecule has 1 unspecified atom stereocenters. The van der Waals surface area contributed by atoms with Gasteiger partial charge in [0.15, 0.2) is 0 Å². The maximum atomic E-state index is 3.49. The van der Waals surface area contributed by atoms with Crippen molar-refractivity contribution in [2.75, 3.05) is 6.54 Å². The predicted octanol–water partition coefficient (Wildman–Crippen LogP) is 3.87. The molecule has 1 fully saturated rings. The lowest BCUT2D eigenvalue weighted by Gasteiger charge is -2.26. The van der Waals surface area contributed by atoms with Crippen LogP contribution in [0.1, 0.15) is 50.3 Å². The summed E-state index contributed by atoms with van der Waals surface area (Å²) in [4.78, 5) is 5.66. The third kappa shape index (κ3) is 4.30. The van der Waals surface area contributed by atoms with Crippen molar-refractivity contribution in [2.45, 2.75) is 65.7 Å². The summed E-state index contributed by atoms with van der Waals surface area (Å²) in [6.45, 7) is 12.5. The third-order valence-corrected chi connectivity index (χ3v) is 5.01. The van der Waals surface area contributed by atoms with Gasteiger partial charge < -0.3 is 5.32 Å². The molecule has 2 heterocycles. The van der Waals surface area contributed by atoms with Gasteiger partial charge in [-0.1, -0.05) is 27.7 Å². The Kier molecular flexibility index (Phi) is 5.43. The van der Waals surface area contributed by atoms with Crippen molar-refractivity contribution < 1.29 is 0 Å². The fourth-order valence-electron chi connectivity index (χ4n) is 2.91. The standard InChI is InChI=1S/C16H28N2S/c1-12(2)16-6-5-9-18(16)11-15-8-7-14(19-15)10-17-13(3)4/h7-8,12-13,16-17H,5-6,9-11H2,1-4H3. The topological polar surface area (TPSA) is 15.3 Å². The lowest BCUT2D eigenvalue weighted by Crippen LogP contribution is -2.32. The van der Waals surface area contributed by atoms with Crippen molar-refractivity contribution >= 4 is 11.3 Å². The molecule has 0 spiro atoms. The molecular weight excluding hydrogens is 252 g/mol. The van der Waals surface area contributed by atoms with E-state index in [0.717, 1.165) is 25.0 Å². The fraction of sp³-hybridized carbons (Fsp3) is 0.750. The van der Waals surface area contributed by atoms with Gasteiger partial charge in [0.2, 0.25) is 0 Å². The molecule has 3 heteroatoms. The normalized spacial score (nSPS) is 20.8. The van der Waals surface area contributed by atoms with Crippen LogP contribution in [0, 0.1) is 5.92 Å². The van der Waals surface area contributed by atoms with Crippen molar-refractivity contribution in [1.82, 2.24) is 10.2 Å². The zero-order chi connectivity index (χ0) is 13.8. The number of hydrogen-bond donors (Lipinski definition) is 1. The fourth-order valence-corrected chi connectivity index (χ4v) is 3.91. The molecule has 1 aliphatic heterocycles. The van der Waals surface area contributed by atoms with Gasteiger partial charge in [-0.05, 0) is 37.4 Å². The van der Waals surface area contributed by atoms with E-state index in [-0.39, 0.29) is 0 Å². The SMILES string of the molecule is CC(C)NCc1ccc(CN2CCCC2C(C)C)s1. The second kappa shape index (κ2) is 6.87. The number of rotatable bonds is 6. The Labute approximate surface area is 122 Å². The number of hydrogen-bond acceptors (Lipinski definition) is 3. The largest absolute Gasteiger partial charge is 0.310 e. The highest BCUT2D eigenvalue weighted by Crippen LogP contribution is 2.27. The van der Waals surface area contributed by atoms with Crippen LogP contribution < -0.4 is 5.32 Å². The van der Waals surface area contributed by atoms with E-state index in [1.165, 1.54) is 29.1 Å². The minimum Gasteiger partial charge on any atom is -0.310 e. The molecule has 108 valence electrons. The molecule has 0 aromatic carbocycles. The smallest absolute Gasteiger partial charge is 0.0331 e. The van der Waals surface area contributed by atoms with Crippen molar-refractivity contribution in [3.63, 3.8) is 0 Å². The molecule has 0 saturated carbocycles. The molecule has 2 rings (SSSR count). The summed E-state index contributed by atoms with van der Waals surface area (Å²) in [5.41, 5.74) is 0. The van der Waals surface area contributed by atoms with Gasteiger partial charge in [0.1, 0.15) is 0 Å². The first-order chi connectivity index (χ1) is 9.06. The minimum atomic E-state index is 0.564. The van der Waals surface area contributed by atoms with E-state index in [2.05, 4.69) is 50.0 Å². The molecule has 1 aromatic rings. The van der Waals surface area contributed by atoms with E-state index in [1.54, 1.807) is 0 Å². The maximum absolute atomic E-state index is 3.49. The molecule has 1 atom stereocenters. The van der Waals surface area contributed by atoms with Gasteiger partial charge in [0.25, 0.3) is 0 Å². The molecule has 1 N–H and O–H groups in total. The van der Waals surface area contributed by atoms with Crippen molar-refractivity contribution in [1.29, 1.82) is 0 Å². The summed E-state index contributed by atoms with van der Waals surface area (Å²) >= 11 is 1.97. The van der Waals surface area contributed by atoms with Gasteiger partial charge in [-0.15, -0.1) is 11.3 Å². The van der Waals surface area contributed by atoms with Crippen LogP contribution in [-0.2, 0) is 13.1 Å². The average molecular weight is 280 g/mol. The Balaban J connectivity index is 1.89. The molecule has 19 heavy (non-hydrogen) atoms. The Morgan fingerprint density at radius 2 is 2.00 bits per heavy atom. The number of likely N-dealkylation sites (tertiary alicyclic amines) is 1. The van der Waals surface area contributed by atoms with Gasteiger partial charge in [-0.2, -0.15) is 0 Å². The van der Waals surface area contributed by atoms with E-state index < -0.39 is 0 Å². The van der Waals surface area contributed by atoms with Gasteiger partial charge in [0, 0.05) is 34.9 Å². The number of thiophene rings is 1. The van der Waals surface area contributed by atoms with E-state index in [0.29, 0.717) is 6.04 Å². The van der Waals surface area contributed by atoms with Crippen LogP contribution in [0.3, 0.4) is 0 Å². The first-order valence-electron chi connectivity index (χ1n) is 7.61. The van der Waals surface area contributed by atoms with Crippen LogP contribution in [-0.4, -0.2) is 23.5 Å². The van der Waals surface area contributed by atoms with Crippen molar-refractivity contribution in [3.8, 4) is 0 Å². The molecule has 0 aliphatic carbocycles. The number of nitrogens with one attached hydrogen (secondary N) is 1. The highest BCUT2D eigenvalue weighted by Gasteiger charge is 2.27. The first kappa shape index (κ1) is 15.0. The quantitative estimate of drug-likeness (QED) is 0.851. The summed E-state index contributed by atoms with van der Waals surface area (Å²) in [5, 5.41) is 3.49. The van der Waals surface area contributed by atoms with Gasteiger partial charge >= 0.3 is 0 Å². The summed E-state index contributed by atoms with van der Waals surface area (Å²) in [5.74, 6) is 0.782. The van der Waals surface area contributed by atoms with Crippen LogP contribution in [0.25, 0.3) is 0 Å². The molecular formula is C16H28N2S. The van der Waals surface area contributed by atoms with Crippen LogP contribution in [0.5, 0.6) is 0 Å². The van der Waals surface area contributed by atoms with Crippen LogP contribution in [0.15, 0.2) is 12.1 Å². The monoisotopic (exact) mass is 280 g/mol. The minimum absolute atomic E-state index is 0.564. The lowest BCUT2D eigenvalue weighted by atomic mass is 10.0. The van der Waals surface area contributed by atoms with Crippen LogP contribution in [0.4, 0.5) is 0 Å². The second-order valence-corrected chi connectivity index (χ2v) is 7.58. The molecule has 2 nitrogen and oxygen atoms in total. The van der Waals surface area contributed by atoms with Crippen molar-refractivity contribution in [2.24, 2.45) is 5.92 Å². The Morgan fingerprint density at radius 3 is 2.68 bits per heavy atom. The Hall–Kier alpha value is -0.380. The van der Waals surface area contributed by atoms with Gasteiger partial charge in [-0.25, -0.2) is 0 Å². The molecule has 0 bridgehead atoms. The Morgan fingerprint density at radius 1 is 1.26 bits per heavy atom. The first-order valence-corrected chi connectivity index (χ1v) is 8.43. The molecule has 1 saturated heterocycles. The summed E-state index contributed by atoms with van der Waals surface area (Å²) < 4.78 is 0.